The summed E-state index contributed by atoms with van der Waals surface area (Å²) in [5, 5.41) is 8.19. The van der Waals surface area contributed by atoms with Crippen molar-refractivity contribution in [2.24, 2.45) is 41.4 Å². The molecule has 0 N–H and O–H groups in total. The molecule has 0 aromatic carbocycles. The lowest BCUT2D eigenvalue weighted by Gasteiger charge is -2.01. The number of rotatable bonds is 32. The normalized spacial score (nSPS) is 11.5. The maximum atomic E-state index is 3.20. The molecule has 0 rings (SSSR count). The van der Waals surface area contributed by atoms with Gasteiger partial charge in [0.1, 0.15) is 0 Å². The monoisotopic (exact) mass is 1150 g/mol. The van der Waals surface area contributed by atoms with Gasteiger partial charge in [0.2, 0.25) is 0 Å². The van der Waals surface area contributed by atoms with Gasteiger partial charge in [-0.05, 0) is 122 Å². The van der Waals surface area contributed by atoms with Crippen molar-refractivity contribution in [3.63, 3.8) is 0 Å². The number of hydrogen-bond acceptors (Lipinski definition) is 8. The summed E-state index contributed by atoms with van der Waals surface area (Å²) in [6.45, 7) is 53.7. The Bertz CT molecular complexity index is 1110. The van der Waals surface area contributed by atoms with Crippen LogP contribution in [0.2, 0.25) is 0 Å². The van der Waals surface area contributed by atoms with Crippen LogP contribution in [0.1, 0.15) is 211 Å². The first-order valence-electron chi connectivity index (χ1n) is 28.2. The molecule has 0 saturated carbocycles. The lowest BCUT2D eigenvalue weighted by Crippen LogP contribution is -1.90. The minimum absolute atomic E-state index is 0.715. The fourth-order valence-electron chi connectivity index (χ4n) is 4.33. The molecule has 0 atom stereocenters. The number of thioether (sulfide) groups is 8. The van der Waals surface area contributed by atoms with Crippen molar-refractivity contribution in [2.45, 2.75) is 237 Å². The summed E-state index contributed by atoms with van der Waals surface area (Å²) in [6.07, 6.45) is 21.8. The topological polar surface area (TPSA) is 0 Å². The molecular weight excluding hydrogens is 1030 g/mol. The molecule has 0 aliphatic rings. The largest absolute Gasteiger partial charge is 0.159 e. The van der Waals surface area contributed by atoms with Crippen molar-refractivity contribution in [1.82, 2.24) is 0 Å². The summed E-state index contributed by atoms with van der Waals surface area (Å²) in [5.74, 6) is 29.1. The summed E-state index contributed by atoms with van der Waals surface area (Å²) in [7, 11) is 0. The molecule has 8 heteroatoms. The van der Waals surface area contributed by atoms with Gasteiger partial charge < -0.3 is 0 Å². The molecule has 0 spiro atoms. The Morgan fingerprint density at radius 2 is 0.694 bits per heavy atom. The Hall–Kier alpha value is 0.880. The van der Waals surface area contributed by atoms with E-state index in [0.717, 1.165) is 92.5 Å². The van der Waals surface area contributed by atoms with Crippen LogP contribution in [0.5, 0.6) is 0 Å². The molecule has 0 fully saturated rings. The maximum absolute atomic E-state index is 3.20. The van der Waals surface area contributed by atoms with Crippen molar-refractivity contribution in [3.8, 4) is 23.7 Å². The van der Waals surface area contributed by atoms with E-state index in [-0.39, 0.29) is 0 Å². The van der Waals surface area contributed by atoms with Crippen molar-refractivity contribution in [2.75, 3.05) is 51.8 Å². The Morgan fingerprint density at radius 1 is 0.319 bits per heavy atom. The second-order valence-corrected chi connectivity index (χ2v) is 33.3. The van der Waals surface area contributed by atoms with Crippen molar-refractivity contribution in [1.29, 1.82) is 0 Å². The predicted molar refractivity (Wildman–Crippen MR) is 369 cm³/mol. The Labute approximate surface area is 491 Å². The molecular formula is C64H124S8. The molecule has 0 nitrogen and oxygen atoms in total. The Balaban J connectivity index is -0.000000181. The van der Waals surface area contributed by atoms with Crippen molar-refractivity contribution in [3.05, 3.63) is 47.3 Å². The highest BCUT2D eigenvalue weighted by Gasteiger charge is 1.96. The first-order valence-corrected chi connectivity index (χ1v) is 36.7. The molecule has 0 amide bonds. The third-order valence-corrected chi connectivity index (χ3v) is 16.9. The number of allylic oxidation sites excluding steroid dienone is 4. The molecule has 0 saturated heterocycles. The van der Waals surface area contributed by atoms with Gasteiger partial charge in [-0.3, -0.25) is 0 Å². The molecule has 0 aliphatic carbocycles. The molecule has 72 heavy (non-hydrogen) atoms. The first kappa shape index (κ1) is 84.2. The van der Waals surface area contributed by atoms with Gasteiger partial charge in [0.25, 0.3) is 0 Å². The second kappa shape index (κ2) is 68.0. The standard InChI is InChI=1S/C11H22S.C11H20S.C11H22S.C11H20S.2C10H20S2/c2*1-10(2)7-5-6-8-12-9-11(3)4;2*1-10(2)8-6-5-7-9-12-11(3)4;1-9(2)8-11-6-5-7-12-10(3)4;1-9(2)11-7-5-6-8-12-10(3)4/h5-6,10-11H,7-9H2,1-4H3;10-11H,7-9H2,1-4H3;5-6,10-11H,7-9H2,1-4H3;10-11H,7-9H2,1-4H3;2*5,7,9-10H,6,8H2,1-4H3/b6-5-;;6-5-;;2*7-5-. The van der Waals surface area contributed by atoms with Gasteiger partial charge in [-0.1, -0.05) is 209 Å². The van der Waals surface area contributed by atoms with Crippen LogP contribution in [0.4, 0.5) is 0 Å². The molecule has 0 unspecified atom stereocenters. The Kier molecular flexibility index (Phi) is 79.5. The lowest BCUT2D eigenvalue weighted by molar-refractivity contribution is 0.662. The molecule has 0 aliphatic heterocycles. The van der Waals surface area contributed by atoms with E-state index >= 15 is 0 Å². The summed E-state index contributed by atoms with van der Waals surface area (Å²) >= 11 is 15.8. The zero-order chi connectivity index (χ0) is 56.4. The van der Waals surface area contributed by atoms with Crippen LogP contribution in [0.15, 0.2) is 47.3 Å². The van der Waals surface area contributed by atoms with Gasteiger partial charge >= 0.3 is 0 Å². The molecule has 0 aromatic rings. The smallest absolute Gasteiger partial charge is 0.0547 e. The molecule has 0 bridgehead atoms. The zero-order valence-electron chi connectivity index (χ0n) is 52.1. The van der Waals surface area contributed by atoms with Gasteiger partial charge in [-0.15, -0.1) is 53.0 Å². The highest BCUT2D eigenvalue weighted by Crippen LogP contribution is 2.16. The maximum Gasteiger partial charge on any atom is 0.0547 e. The first-order chi connectivity index (χ1) is 33.8. The van der Waals surface area contributed by atoms with Gasteiger partial charge in [-0.25, -0.2) is 0 Å². The highest BCUT2D eigenvalue weighted by molar-refractivity contribution is 8.03. The second-order valence-electron chi connectivity index (χ2n) is 22.1. The minimum atomic E-state index is 0.715. The average molecular weight is 1150 g/mol. The molecule has 0 heterocycles. The summed E-state index contributed by atoms with van der Waals surface area (Å²) < 4.78 is 0. The Morgan fingerprint density at radius 3 is 1.10 bits per heavy atom. The third-order valence-electron chi connectivity index (χ3n) is 7.82. The van der Waals surface area contributed by atoms with E-state index in [2.05, 4.69) is 237 Å². The fourth-order valence-corrected chi connectivity index (χ4v) is 10.2. The van der Waals surface area contributed by atoms with Crippen molar-refractivity contribution >= 4 is 94.1 Å². The number of hydrogen-bond donors (Lipinski definition) is 0. The van der Waals surface area contributed by atoms with Crippen LogP contribution < -0.4 is 0 Å². The van der Waals surface area contributed by atoms with Crippen LogP contribution in [-0.2, 0) is 0 Å². The summed E-state index contributed by atoms with van der Waals surface area (Å²) in [6, 6.07) is 0. The van der Waals surface area contributed by atoms with Crippen LogP contribution >= 0.6 is 94.1 Å². The van der Waals surface area contributed by atoms with E-state index in [1.54, 1.807) is 0 Å². The van der Waals surface area contributed by atoms with Crippen molar-refractivity contribution < 1.29 is 0 Å². The van der Waals surface area contributed by atoms with Crippen LogP contribution in [0, 0.1) is 65.1 Å². The molecule has 428 valence electrons. The quantitative estimate of drug-likeness (QED) is 0.0367. The molecule has 0 aromatic heterocycles. The minimum Gasteiger partial charge on any atom is -0.159 e. The molecule has 0 radical (unpaired) electrons. The summed E-state index contributed by atoms with van der Waals surface area (Å²) in [4.78, 5) is 0. The van der Waals surface area contributed by atoms with E-state index in [0.29, 0.717) is 5.92 Å². The van der Waals surface area contributed by atoms with E-state index in [4.69, 9.17) is 0 Å². The SMILES string of the molecule is CC(C)C/C=C\CCSC(C)C.CC(C)C/C=C\CSCC(C)C.CC(C)CC#CCCSC(C)C.CC(C)CC#CCSCC(C)C.CC(C)CSC/C=C\SC(C)C.CC(C)S/C=C\CCSC(C)C. The summed E-state index contributed by atoms with van der Waals surface area (Å²) in [5.41, 5.74) is 0. The van der Waals surface area contributed by atoms with Gasteiger partial charge in [0.15, 0.2) is 0 Å². The fraction of sp³-hybridized carbons (Fsp3) is 0.812. The lowest BCUT2D eigenvalue weighted by atomic mass is 10.1. The van der Waals surface area contributed by atoms with Gasteiger partial charge in [-0.2, -0.15) is 58.8 Å². The van der Waals surface area contributed by atoms with E-state index in [9.17, 15) is 0 Å². The van der Waals surface area contributed by atoms with E-state index in [1.165, 1.54) is 66.0 Å². The third kappa shape index (κ3) is 115. The highest BCUT2D eigenvalue weighted by atomic mass is 32.2. The predicted octanol–water partition coefficient (Wildman–Crippen LogP) is 23.3. The van der Waals surface area contributed by atoms with E-state index in [1.807, 2.05) is 94.1 Å². The van der Waals surface area contributed by atoms with Gasteiger partial charge in [0.05, 0.1) is 5.75 Å². The van der Waals surface area contributed by atoms with Crippen LogP contribution in [-0.4, -0.2) is 78.0 Å². The van der Waals surface area contributed by atoms with Crippen LogP contribution in [0.3, 0.4) is 0 Å². The van der Waals surface area contributed by atoms with E-state index < -0.39 is 0 Å². The van der Waals surface area contributed by atoms with Gasteiger partial charge in [0, 0.05) is 47.0 Å². The van der Waals surface area contributed by atoms with Crippen LogP contribution in [0.25, 0.3) is 0 Å². The zero-order valence-corrected chi connectivity index (χ0v) is 58.7. The average Bonchev–Trinajstić information content (AvgIpc) is 3.25.